The Kier molecular flexibility index (Phi) is 6.37. The molecule has 0 atom stereocenters. The zero-order chi connectivity index (χ0) is 11.5. The lowest BCUT2D eigenvalue weighted by atomic mass is 10.1. The summed E-state index contributed by atoms with van der Waals surface area (Å²) in [6, 6.07) is 11.6. The van der Waals surface area contributed by atoms with E-state index in [4.69, 9.17) is 5.73 Å². The number of rotatable bonds is 2. The third-order valence-electron chi connectivity index (χ3n) is 2.37. The minimum absolute atomic E-state index is 0. The fourth-order valence-corrected chi connectivity index (χ4v) is 1.54. The van der Waals surface area contributed by atoms with Crippen LogP contribution in [0.1, 0.15) is 16.1 Å². The molecule has 0 bridgehead atoms. The van der Waals surface area contributed by atoms with Crippen LogP contribution in [-0.2, 0) is 0 Å². The Labute approximate surface area is 118 Å². The molecule has 0 aliphatic rings. The maximum absolute atomic E-state index is 10.9. The number of halogens is 2. The van der Waals surface area contributed by atoms with Crippen molar-refractivity contribution in [2.24, 2.45) is 5.73 Å². The molecule has 1 aromatic carbocycles. The lowest BCUT2D eigenvalue weighted by molar-refractivity contribution is 0.0995. The summed E-state index contributed by atoms with van der Waals surface area (Å²) in [5.74, 6) is -0.504. The number of benzene rings is 1. The molecule has 0 unspecified atom stereocenters. The van der Waals surface area contributed by atoms with E-state index in [1.165, 1.54) is 5.56 Å². The van der Waals surface area contributed by atoms with Gasteiger partial charge < -0.3 is 5.73 Å². The standard InChI is InChI=1S/C13H12N2O.2ClH/c1-9-3-2-4-10(7-9)11-5-6-12(13(14)16)15-8-11;;/h2-8H,1H3,(H2,14,16);2*1H. The Morgan fingerprint density at radius 1 is 1.11 bits per heavy atom. The van der Waals surface area contributed by atoms with E-state index in [9.17, 15) is 4.79 Å². The van der Waals surface area contributed by atoms with Crippen molar-refractivity contribution in [3.8, 4) is 11.1 Å². The van der Waals surface area contributed by atoms with Crippen LogP contribution in [0.25, 0.3) is 11.1 Å². The number of pyridine rings is 1. The predicted octanol–water partition coefficient (Wildman–Crippen LogP) is 3.00. The average molecular weight is 285 g/mol. The minimum Gasteiger partial charge on any atom is -0.364 e. The molecule has 2 N–H and O–H groups in total. The molecule has 1 amide bonds. The SMILES string of the molecule is Cc1cccc(-c2ccc(C(N)=O)nc2)c1.Cl.Cl. The van der Waals surface area contributed by atoms with Crippen LogP contribution in [0.2, 0.25) is 0 Å². The summed E-state index contributed by atoms with van der Waals surface area (Å²) in [4.78, 5) is 14.9. The number of carbonyl (C=O) groups excluding carboxylic acids is 1. The first-order valence-corrected chi connectivity index (χ1v) is 5.00. The van der Waals surface area contributed by atoms with Crippen molar-refractivity contribution in [1.82, 2.24) is 4.98 Å². The fourth-order valence-electron chi connectivity index (χ4n) is 1.54. The largest absolute Gasteiger partial charge is 0.364 e. The molecule has 0 aliphatic heterocycles. The van der Waals surface area contributed by atoms with Crippen molar-refractivity contribution in [2.45, 2.75) is 6.92 Å². The maximum Gasteiger partial charge on any atom is 0.267 e. The summed E-state index contributed by atoms with van der Waals surface area (Å²) in [6.45, 7) is 2.04. The van der Waals surface area contributed by atoms with Crippen LogP contribution in [-0.4, -0.2) is 10.9 Å². The molecule has 2 aromatic rings. The third kappa shape index (κ3) is 3.72. The van der Waals surface area contributed by atoms with E-state index in [0.29, 0.717) is 0 Å². The molecule has 1 heterocycles. The zero-order valence-corrected chi connectivity index (χ0v) is 11.4. The fraction of sp³-hybridized carbons (Fsp3) is 0.0769. The van der Waals surface area contributed by atoms with Crippen molar-refractivity contribution >= 4 is 30.7 Å². The predicted molar refractivity (Wildman–Crippen MR) is 77.4 cm³/mol. The molecule has 0 aliphatic carbocycles. The highest BCUT2D eigenvalue weighted by Crippen LogP contribution is 2.19. The van der Waals surface area contributed by atoms with Gasteiger partial charge in [-0.3, -0.25) is 9.78 Å². The van der Waals surface area contributed by atoms with Gasteiger partial charge in [0.2, 0.25) is 0 Å². The third-order valence-corrected chi connectivity index (χ3v) is 2.37. The number of nitrogens with two attached hydrogens (primary N) is 1. The van der Waals surface area contributed by atoms with Crippen LogP contribution < -0.4 is 5.73 Å². The first kappa shape index (κ1) is 16.4. The molecule has 18 heavy (non-hydrogen) atoms. The number of hydrogen-bond donors (Lipinski definition) is 1. The van der Waals surface area contributed by atoms with Gasteiger partial charge in [0.15, 0.2) is 0 Å². The van der Waals surface area contributed by atoms with Gasteiger partial charge in [0.1, 0.15) is 5.69 Å². The van der Waals surface area contributed by atoms with Crippen molar-refractivity contribution in [3.63, 3.8) is 0 Å². The number of aromatic nitrogens is 1. The number of amides is 1. The molecule has 0 saturated heterocycles. The molecule has 0 spiro atoms. The second kappa shape index (κ2) is 6.99. The Hall–Kier alpha value is -1.58. The molecule has 3 nitrogen and oxygen atoms in total. The van der Waals surface area contributed by atoms with Crippen LogP contribution >= 0.6 is 24.8 Å². The van der Waals surface area contributed by atoms with Crippen LogP contribution in [0.4, 0.5) is 0 Å². The molecule has 0 saturated carbocycles. The van der Waals surface area contributed by atoms with Gasteiger partial charge in [-0.1, -0.05) is 35.9 Å². The van der Waals surface area contributed by atoms with E-state index in [1.807, 2.05) is 31.2 Å². The van der Waals surface area contributed by atoms with Crippen LogP contribution in [0.15, 0.2) is 42.6 Å². The van der Waals surface area contributed by atoms with Gasteiger partial charge in [-0.15, -0.1) is 24.8 Å². The second-order valence-corrected chi connectivity index (χ2v) is 3.67. The monoisotopic (exact) mass is 284 g/mol. The topological polar surface area (TPSA) is 56.0 Å². The molecule has 0 fully saturated rings. The highest BCUT2D eigenvalue weighted by Gasteiger charge is 2.02. The molecular formula is C13H14Cl2N2O. The van der Waals surface area contributed by atoms with Crippen molar-refractivity contribution < 1.29 is 4.79 Å². The highest BCUT2D eigenvalue weighted by molar-refractivity contribution is 5.91. The molecule has 1 aromatic heterocycles. The van der Waals surface area contributed by atoms with Crippen molar-refractivity contribution in [2.75, 3.05) is 0 Å². The lowest BCUT2D eigenvalue weighted by Gasteiger charge is -2.02. The first-order valence-electron chi connectivity index (χ1n) is 5.00. The van der Waals surface area contributed by atoms with Gasteiger partial charge in [0.25, 0.3) is 5.91 Å². The zero-order valence-electron chi connectivity index (χ0n) is 9.79. The van der Waals surface area contributed by atoms with Crippen molar-refractivity contribution in [3.05, 3.63) is 53.9 Å². The van der Waals surface area contributed by atoms with Crippen LogP contribution in [0, 0.1) is 6.92 Å². The van der Waals surface area contributed by atoms with E-state index in [1.54, 1.807) is 12.3 Å². The molecule has 96 valence electrons. The van der Waals surface area contributed by atoms with Crippen LogP contribution in [0.3, 0.4) is 0 Å². The van der Waals surface area contributed by atoms with Gasteiger partial charge in [-0.05, 0) is 18.6 Å². The molecule has 5 heteroatoms. The van der Waals surface area contributed by atoms with Gasteiger partial charge in [0.05, 0.1) is 0 Å². The lowest BCUT2D eigenvalue weighted by Crippen LogP contribution is -2.12. The van der Waals surface area contributed by atoms with E-state index in [0.717, 1.165) is 11.1 Å². The van der Waals surface area contributed by atoms with Gasteiger partial charge in [-0.25, -0.2) is 0 Å². The van der Waals surface area contributed by atoms with Gasteiger partial charge in [-0.2, -0.15) is 0 Å². The number of nitrogens with zero attached hydrogens (tertiary/aromatic N) is 1. The summed E-state index contributed by atoms with van der Waals surface area (Å²) < 4.78 is 0. The van der Waals surface area contributed by atoms with Crippen LogP contribution in [0.5, 0.6) is 0 Å². The Balaban J connectivity index is 0.00000144. The molecular weight excluding hydrogens is 271 g/mol. The van der Waals surface area contributed by atoms with E-state index < -0.39 is 5.91 Å². The van der Waals surface area contributed by atoms with Gasteiger partial charge in [0, 0.05) is 11.8 Å². The normalized spacial score (nSPS) is 8.94. The highest BCUT2D eigenvalue weighted by atomic mass is 35.5. The van der Waals surface area contributed by atoms with E-state index in [2.05, 4.69) is 11.1 Å². The Morgan fingerprint density at radius 2 is 1.83 bits per heavy atom. The summed E-state index contributed by atoms with van der Waals surface area (Å²) in [7, 11) is 0. The maximum atomic E-state index is 10.9. The Bertz CT molecular complexity index is 527. The summed E-state index contributed by atoms with van der Waals surface area (Å²) >= 11 is 0. The minimum atomic E-state index is -0.504. The quantitative estimate of drug-likeness (QED) is 0.922. The van der Waals surface area contributed by atoms with Gasteiger partial charge >= 0.3 is 0 Å². The van der Waals surface area contributed by atoms with Crippen molar-refractivity contribution in [1.29, 1.82) is 0 Å². The number of primary amides is 1. The summed E-state index contributed by atoms with van der Waals surface area (Å²) in [5, 5.41) is 0. The smallest absolute Gasteiger partial charge is 0.267 e. The average Bonchev–Trinajstić information content (AvgIpc) is 2.29. The van der Waals surface area contributed by atoms with E-state index in [-0.39, 0.29) is 30.5 Å². The molecule has 0 radical (unpaired) electrons. The second-order valence-electron chi connectivity index (χ2n) is 3.67. The summed E-state index contributed by atoms with van der Waals surface area (Å²) in [5.41, 5.74) is 8.67. The number of hydrogen-bond acceptors (Lipinski definition) is 2. The number of carbonyl (C=O) groups is 1. The number of aryl methyl sites for hydroxylation is 1. The first-order chi connectivity index (χ1) is 7.66. The summed E-state index contributed by atoms with van der Waals surface area (Å²) in [6.07, 6.45) is 1.66. The van der Waals surface area contributed by atoms with E-state index >= 15 is 0 Å². The molecule has 2 rings (SSSR count). The Morgan fingerprint density at radius 3 is 2.33 bits per heavy atom.